The Bertz CT molecular complexity index is 461. The average Bonchev–Trinajstić information content (AvgIpc) is 2.88. The van der Waals surface area contributed by atoms with Crippen LogP contribution in [0, 0.1) is 0 Å². The molecule has 4 nitrogen and oxygen atoms in total. The smallest absolute Gasteiger partial charge is 0.337 e. The zero-order valence-corrected chi connectivity index (χ0v) is 10.2. The predicted octanol–water partition coefficient (Wildman–Crippen LogP) is 1.44. The van der Waals surface area contributed by atoms with E-state index < -0.39 is 5.54 Å². The fourth-order valence-electron chi connectivity index (χ4n) is 1.74. The van der Waals surface area contributed by atoms with Crippen LogP contribution in [0.2, 0.25) is 0 Å². The van der Waals surface area contributed by atoms with E-state index in [4.69, 9.17) is 0 Å². The molecule has 0 bridgehead atoms. The molecule has 0 spiro atoms. The van der Waals surface area contributed by atoms with Crippen molar-refractivity contribution in [2.24, 2.45) is 4.99 Å². The van der Waals surface area contributed by atoms with Crippen LogP contribution >= 0.6 is 11.8 Å². The Kier molecular flexibility index (Phi) is 3.49. The Labute approximate surface area is 104 Å². The molecule has 1 aromatic carbocycles. The van der Waals surface area contributed by atoms with Crippen LogP contribution in [0.1, 0.15) is 15.9 Å². The summed E-state index contributed by atoms with van der Waals surface area (Å²) in [4.78, 5) is 15.8. The monoisotopic (exact) mass is 251 g/mol. The number of thioether (sulfide) groups is 1. The highest BCUT2D eigenvalue weighted by Crippen LogP contribution is 2.34. The van der Waals surface area contributed by atoms with Crippen molar-refractivity contribution in [3.05, 3.63) is 35.4 Å². The lowest BCUT2D eigenvalue weighted by Gasteiger charge is -2.23. The van der Waals surface area contributed by atoms with Crippen molar-refractivity contribution in [3.8, 4) is 0 Å². The Hall–Kier alpha value is -1.33. The van der Waals surface area contributed by atoms with Gasteiger partial charge in [0.15, 0.2) is 0 Å². The maximum Gasteiger partial charge on any atom is 0.337 e. The molecule has 0 saturated carbocycles. The number of esters is 1. The molecule has 1 N–H and O–H groups in total. The average molecular weight is 251 g/mol. The number of carbonyl (C=O) groups is 1. The molecule has 0 aliphatic carbocycles. The molecular formula is C12H13NO3S. The first kappa shape index (κ1) is 12.1. The topological polar surface area (TPSA) is 58.9 Å². The van der Waals surface area contributed by atoms with E-state index in [-0.39, 0.29) is 12.6 Å². The molecule has 1 aromatic rings. The highest BCUT2D eigenvalue weighted by molar-refractivity contribution is 8.12. The predicted molar refractivity (Wildman–Crippen MR) is 67.5 cm³/mol. The lowest BCUT2D eigenvalue weighted by atomic mass is 9.92. The van der Waals surface area contributed by atoms with Gasteiger partial charge in [-0.15, -0.1) is 11.8 Å². The van der Waals surface area contributed by atoms with Crippen LogP contribution in [-0.2, 0) is 10.3 Å². The van der Waals surface area contributed by atoms with E-state index in [1.807, 2.05) is 6.07 Å². The van der Waals surface area contributed by atoms with Gasteiger partial charge < -0.3 is 9.84 Å². The standard InChI is InChI=1S/C12H13NO3S/c1-16-11(15)9-3-2-4-10(5-9)12(6-14)7-17-8-13-12/h2-5,8,14H,6-7H2,1H3. The molecule has 0 aromatic heterocycles. The third-order valence-corrected chi connectivity index (χ3v) is 3.68. The summed E-state index contributed by atoms with van der Waals surface area (Å²) < 4.78 is 4.68. The van der Waals surface area contributed by atoms with Crippen LogP contribution < -0.4 is 0 Å². The van der Waals surface area contributed by atoms with Crippen molar-refractivity contribution in [1.29, 1.82) is 0 Å². The van der Waals surface area contributed by atoms with Crippen molar-refractivity contribution in [3.63, 3.8) is 0 Å². The number of carbonyl (C=O) groups excluding carboxylic acids is 1. The SMILES string of the molecule is COC(=O)c1cccc(C2(CO)CSC=N2)c1. The van der Waals surface area contributed by atoms with Gasteiger partial charge in [-0.25, -0.2) is 4.79 Å². The summed E-state index contributed by atoms with van der Waals surface area (Å²) in [7, 11) is 1.35. The Morgan fingerprint density at radius 1 is 1.65 bits per heavy atom. The van der Waals surface area contributed by atoms with Crippen molar-refractivity contribution in [2.45, 2.75) is 5.54 Å². The van der Waals surface area contributed by atoms with Crippen LogP contribution in [0.4, 0.5) is 0 Å². The Morgan fingerprint density at radius 2 is 2.47 bits per heavy atom. The number of benzene rings is 1. The maximum atomic E-state index is 11.4. The Morgan fingerprint density at radius 3 is 3.06 bits per heavy atom. The quantitative estimate of drug-likeness (QED) is 0.826. The molecule has 0 saturated heterocycles. The number of hydrogen-bond donors (Lipinski definition) is 1. The fraction of sp³-hybridized carbons (Fsp3) is 0.333. The van der Waals surface area contributed by atoms with Crippen LogP contribution in [0.5, 0.6) is 0 Å². The molecule has 1 aliphatic rings. The number of methoxy groups -OCH3 is 1. The summed E-state index contributed by atoms with van der Waals surface area (Å²) in [5.41, 5.74) is 2.43. The summed E-state index contributed by atoms with van der Waals surface area (Å²) in [5.74, 6) is 0.309. The minimum absolute atomic E-state index is 0.0683. The summed E-state index contributed by atoms with van der Waals surface area (Å²) in [5, 5.41) is 9.51. The van der Waals surface area contributed by atoms with Gasteiger partial charge in [0.2, 0.25) is 0 Å². The normalized spacial score (nSPS) is 22.7. The van der Waals surface area contributed by atoms with E-state index in [1.165, 1.54) is 7.11 Å². The van der Waals surface area contributed by atoms with Gasteiger partial charge in [0.25, 0.3) is 0 Å². The number of aliphatic hydroxyl groups excluding tert-OH is 1. The van der Waals surface area contributed by atoms with Crippen molar-refractivity contribution < 1.29 is 14.6 Å². The number of aliphatic hydroxyl groups is 1. The lowest BCUT2D eigenvalue weighted by molar-refractivity contribution is 0.0600. The maximum absolute atomic E-state index is 11.4. The Balaban J connectivity index is 2.39. The van der Waals surface area contributed by atoms with Crippen LogP contribution in [0.25, 0.3) is 0 Å². The molecule has 90 valence electrons. The molecule has 1 atom stereocenters. The second-order valence-corrected chi connectivity index (χ2v) is 4.64. The van der Waals surface area contributed by atoms with Gasteiger partial charge in [0.1, 0.15) is 5.54 Å². The van der Waals surface area contributed by atoms with Crippen molar-refractivity contribution >= 4 is 23.3 Å². The van der Waals surface area contributed by atoms with E-state index in [0.717, 1.165) is 5.56 Å². The molecule has 2 rings (SSSR count). The van der Waals surface area contributed by atoms with Gasteiger partial charge in [-0.2, -0.15) is 0 Å². The largest absolute Gasteiger partial charge is 0.465 e. The van der Waals surface area contributed by atoms with Gasteiger partial charge in [0.05, 0.1) is 24.8 Å². The fourth-order valence-corrected chi connectivity index (χ4v) is 2.70. The highest BCUT2D eigenvalue weighted by Gasteiger charge is 2.34. The number of aliphatic imine (C=N–C) groups is 1. The van der Waals surface area contributed by atoms with E-state index >= 15 is 0 Å². The molecule has 5 heteroatoms. The number of nitrogens with zero attached hydrogens (tertiary/aromatic N) is 1. The number of rotatable bonds is 3. The van der Waals surface area contributed by atoms with E-state index in [2.05, 4.69) is 9.73 Å². The molecule has 1 aliphatic heterocycles. The zero-order valence-electron chi connectivity index (χ0n) is 9.42. The highest BCUT2D eigenvalue weighted by atomic mass is 32.2. The van der Waals surface area contributed by atoms with E-state index in [9.17, 15) is 9.90 Å². The minimum Gasteiger partial charge on any atom is -0.465 e. The van der Waals surface area contributed by atoms with E-state index in [1.54, 1.807) is 35.5 Å². The molecule has 0 amide bonds. The van der Waals surface area contributed by atoms with Gasteiger partial charge >= 0.3 is 5.97 Å². The van der Waals surface area contributed by atoms with E-state index in [0.29, 0.717) is 11.3 Å². The first-order valence-electron chi connectivity index (χ1n) is 5.17. The van der Waals surface area contributed by atoms with Crippen LogP contribution in [-0.4, -0.2) is 36.1 Å². The molecular weight excluding hydrogens is 238 g/mol. The zero-order chi connectivity index (χ0) is 12.3. The summed E-state index contributed by atoms with van der Waals surface area (Å²) in [6.07, 6.45) is 0. The third kappa shape index (κ3) is 2.21. The van der Waals surface area contributed by atoms with Crippen LogP contribution in [0.3, 0.4) is 0 Å². The summed E-state index contributed by atoms with van der Waals surface area (Å²) in [6, 6.07) is 7.06. The van der Waals surface area contributed by atoms with Crippen molar-refractivity contribution in [1.82, 2.24) is 0 Å². The van der Waals surface area contributed by atoms with Gasteiger partial charge in [-0.05, 0) is 17.7 Å². The van der Waals surface area contributed by atoms with Crippen LogP contribution in [0.15, 0.2) is 29.3 Å². The summed E-state index contributed by atoms with van der Waals surface area (Å²) >= 11 is 1.55. The lowest BCUT2D eigenvalue weighted by Crippen LogP contribution is -2.29. The van der Waals surface area contributed by atoms with Crippen molar-refractivity contribution in [2.75, 3.05) is 19.5 Å². The number of ether oxygens (including phenoxy) is 1. The molecule has 17 heavy (non-hydrogen) atoms. The second-order valence-electron chi connectivity index (χ2n) is 3.81. The second kappa shape index (κ2) is 4.89. The van der Waals surface area contributed by atoms with Gasteiger partial charge in [0, 0.05) is 5.75 Å². The molecule has 1 heterocycles. The molecule has 0 radical (unpaired) electrons. The van der Waals surface area contributed by atoms with Gasteiger partial charge in [-0.3, -0.25) is 4.99 Å². The first-order valence-corrected chi connectivity index (χ1v) is 6.22. The molecule has 1 unspecified atom stereocenters. The summed E-state index contributed by atoms with van der Waals surface area (Å²) in [6.45, 7) is -0.0683. The first-order chi connectivity index (χ1) is 8.22. The molecule has 0 fully saturated rings. The van der Waals surface area contributed by atoms with Gasteiger partial charge in [-0.1, -0.05) is 12.1 Å². The number of hydrogen-bond acceptors (Lipinski definition) is 5. The minimum atomic E-state index is -0.616. The third-order valence-electron chi connectivity index (χ3n) is 2.78.